The molecule has 0 unspecified atom stereocenters. The third-order valence-electron chi connectivity index (χ3n) is 5.59. The van der Waals surface area contributed by atoms with Crippen molar-refractivity contribution in [2.75, 3.05) is 33.3 Å². The first-order chi connectivity index (χ1) is 16.0. The van der Waals surface area contributed by atoms with E-state index in [1.54, 1.807) is 77.6 Å². The Balaban J connectivity index is 1.33. The molecule has 33 heavy (non-hydrogen) atoms. The zero-order valence-electron chi connectivity index (χ0n) is 18.4. The fourth-order valence-electron chi connectivity index (χ4n) is 3.68. The smallest absolute Gasteiger partial charge is 0.254 e. The molecule has 7 heteroatoms. The number of methoxy groups -OCH3 is 1. The average molecular weight is 448 g/mol. The molecule has 1 saturated heterocycles. The molecule has 3 aromatic carbocycles. The summed E-state index contributed by atoms with van der Waals surface area (Å²) in [7, 11) is 1.58. The molecule has 0 bridgehead atoms. The van der Waals surface area contributed by atoms with Crippen molar-refractivity contribution in [1.82, 2.24) is 9.80 Å². The Bertz CT molecular complexity index is 1110. The number of carbonyl (C=O) groups excluding carboxylic acids is 2. The first-order valence-corrected chi connectivity index (χ1v) is 10.7. The number of halogens is 1. The Morgan fingerprint density at radius 3 is 2.00 bits per heavy atom. The summed E-state index contributed by atoms with van der Waals surface area (Å²) in [5.41, 5.74) is 1.97. The van der Waals surface area contributed by atoms with Crippen LogP contribution in [0.2, 0.25) is 0 Å². The first kappa shape index (κ1) is 22.3. The number of benzene rings is 3. The van der Waals surface area contributed by atoms with Crippen LogP contribution < -0.4 is 9.47 Å². The Hall–Kier alpha value is -3.87. The summed E-state index contributed by atoms with van der Waals surface area (Å²) in [6.45, 7) is 2.14. The topological polar surface area (TPSA) is 59.1 Å². The van der Waals surface area contributed by atoms with Gasteiger partial charge in [0.2, 0.25) is 0 Å². The number of carbonyl (C=O) groups is 2. The molecule has 3 aromatic rings. The maximum absolute atomic E-state index is 13.0. The second-order valence-electron chi connectivity index (χ2n) is 7.76. The minimum absolute atomic E-state index is 0.0547. The molecular weight excluding hydrogens is 423 g/mol. The molecule has 0 saturated carbocycles. The van der Waals surface area contributed by atoms with Gasteiger partial charge in [-0.2, -0.15) is 0 Å². The number of hydrogen-bond acceptors (Lipinski definition) is 4. The van der Waals surface area contributed by atoms with E-state index in [1.807, 2.05) is 0 Å². The van der Waals surface area contributed by atoms with Crippen LogP contribution in [0.5, 0.6) is 11.5 Å². The molecule has 0 N–H and O–H groups in total. The number of ether oxygens (including phenoxy) is 2. The van der Waals surface area contributed by atoms with Crippen LogP contribution in [0.1, 0.15) is 26.3 Å². The van der Waals surface area contributed by atoms with Crippen molar-refractivity contribution in [3.05, 3.63) is 95.3 Å². The normalized spacial score (nSPS) is 13.5. The summed E-state index contributed by atoms with van der Waals surface area (Å²) in [6.07, 6.45) is 0. The van der Waals surface area contributed by atoms with Gasteiger partial charge in [0.1, 0.15) is 23.9 Å². The van der Waals surface area contributed by atoms with Gasteiger partial charge in [0.25, 0.3) is 11.8 Å². The zero-order chi connectivity index (χ0) is 23.2. The molecule has 1 heterocycles. The van der Waals surface area contributed by atoms with Gasteiger partial charge in [-0.15, -0.1) is 0 Å². The van der Waals surface area contributed by atoms with Crippen LogP contribution in [0, 0.1) is 5.82 Å². The first-order valence-electron chi connectivity index (χ1n) is 10.7. The van der Waals surface area contributed by atoms with Gasteiger partial charge < -0.3 is 19.3 Å². The average Bonchev–Trinajstić information content (AvgIpc) is 2.88. The molecule has 0 atom stereocenters. The number of hydrogen-bond donors (Lipinski definition) is 0. The largest absolute Gasteiger partial charge is 0.497 e. The summed E-state index contributed by atoms with van der Waals surface area (Å²) in [5.74, 6) is 0.821. The van der Waals surface area contributed by atoms with Crippen molar-refractivity contribution in [1.29, 1.82) is 0 Å². The van der Waals surface area contributed by atoms with Crippen LogP contribution in [-0.2, 0) is 6.61 Å². The molecular formula is C26H25FN2O4. The standard InChI is InChI=1S/C26H25FN2O4/c1-32-23-11-7-20(8-12-23)25(30)28-13-15-29(16-14-28)26(31)21-3-2-4-24(17-21)33-18-19-5-9-22(27)10-6-19/h2-12,17H,13-16,18H2,1H3. The van der Waals surface area contributed by atoms with Crippen LogP contribution in [0.3, 0.4) is 0 Å². The summed E-state index contributed by atoms with van der Waals surface area (Å²) in [5, 5.41) is 0. The van der Waals surface area contributed by atoms with Gasteiger partial charge in [0.15, 0.2) is 0 Å². The summed E-state index contributed by atoms with van der Waals surface area (Å²) in [4.78, 5) is 29.2. The van der Waals surface area contributed by atoms with E-state index in [-0.39, 0.29) is 24.2 Å². The minimum atomic E-state index is -0.294. The lowest BCUT2D eigenvalue weighted by molar-refractivity contribution is 0.0535. The number of rotatable bonds is 6. The monoisotopic (exact) mass is 448 g/mol. The second-order valence-corrected chi connectivity index (χ2v) is 7.76. The van der Waals surface area contributed by atoms with E-state index < -0.39 is 0 Å². The van der Waals surface area contributed by atoms with Gasteiger partial charge in [0, 0.05) is 37.3 Å². The highest BCUT2D eigenvalue weighted by Gasteiger charge is 2.25. The van der Waals surface area contributed by atoms with Crippen molar-refractivity contribution in [3.8, 4) is 11.5 Å². The van der Waals surface area contributed by atoms with Gasteiger partial charge in [-0.25, -0.2) is 4.39 Å². The van der Waals surface area contributed by atoms with Gasteiger partial charge in [-0.3, -0.25) is 9.59 Å². The van der Waals surface area contributed by atoms with E-state index >= 15 is 0 Å². The van der Waals surface area contributed by atoms with Gasteiger partial charge in [-0.1, -0.05) is 18.2 Å². The van der Waals surface area contributed by atoms with Gasteiger partial charge in [0.05, 0.1) is 7.11 Å². The molecule has 6 nitrogen and oxygen atoms in total. The van der Waals surface area contributed by atoms with Crippen molar-refractivity contribution >= 4 is 11.8 Å². The zero-order valence-corrected chi connectivity index (χ0v) is 18.4. The lowest BCUT2D eigenvalue weighted by Crippen LogP contribution is -2.50. The van der Waals surface area contributed by atoms with E-state index in [1.165, 1.54) is 12.1 Å². The number of nitrogens with zero attached hydrogens (tertiary/aromatic N) is 2. The molecule has 1 aliphatic rings. The van der Waals surface area contributed by atoms with Crippen LogP contribution in [-0.4, -0.2) is 54.9 Å². The van der Waals surface area contributed by atoms with E-state index in [0.717, 1.165) is 5.56 Å². The van der Waals surface area contributed by atoms with Crippen LogP contribution in [0.25, 0.3) is 0 Å². The van der Waals surface area contributed by atoms with Crippen LogP contribution in [0.4, 0.5) is 4.39 Å². The highest BCUT2D eigenvalue weighted by atomic mass is 19.1. The van der Waals surface area contributed by atoms with Crippen LogP contribution in [0.15, 0.2) is 72.8 Å². The van der Waals surface area contributed by atoms with E-state index in [0.29, 0.717) is 48.8 Å². The number of piperazine rings is 1. The predicted octanol–water partition coefficient (Wildman–Crippen LogP) is 4.01. The van der Waals surface area contributed by atoms with Gasteiger partial charge in [-0.05, 0) is 60.2 Å². The molecule has 0 spiro atoms. The Kier molecular flexibility index (Phi) is 6.88. The maximum Gasteiger partial charge on any atom is 0.254 e. The Labute approximate surface area is 192 Å². The third-order valence-corrected chi connectivity index (χ3v) is 5.59. The highest BCUT2D eigenvalue weighted by molar-refractivity contribution is 5.96. The summed E-state index contributed by atoms with van der Waals surface area (Å²) >= 11 is 0. The van der Waals surface area contributed by atoms with Gasteiger partial charge >= 0.3 is 0 Å². The fourth-order valence-corrected chi connectivity index (χ4v) is 3.68. The maximum atomic E-state index is 13.0. The molecule has 1 aliphatic heterocycles. The molecule has 0 aliphatic carbocycles. The SMILES string of the molecule is COc1ccc(C(=O)N2CCN(C(=O)c3cccc(OCc4ccc(F)cc4)c3)CC2)cc1. The minimum Gasteiger partial charge on any atom is -0.497 e. The molecule has 170 valence electrons. The van der Waals surface area contributed by atoms with E-state index in [2.05, 4.69) is 0 Å². The van der Waals surface area contributed by atoms with Crippen molar-refractivity contribution in [2.24, 2.45) is 0 Å². The molecule has 1 fully saturated rings. The number of amides is 2. The second kappa shape index (κ2) is 10.2. The Morgan fingerprint density at radius 2 is 1.39 bits per heavy atom. The molecule has 0 aromatic heterocycles. The fraction of sp³-hybridized carbons (Fsp3) is 0.231. The quantitative estimate of drug-likeness (QED) is 0.572. The molecule has 0 radical (unpaired) electrons. The summed E-state index contributed by atoms with van der Waals surface area (Å²) < 4.78 is 23.9. The highest BCUT2D eigenvalue weighted by Crippen LogP contribution is 2.19. The van der Waals surface area contributed by atoms with Crippen molar-refractivity contribution in [3.63, 3.8) is 0 Å². The molecule has 4 rings (SSSR count). The van der Waals surface area contributed by atoms with Crippen molar-refractivity contribution in [2.45, 2.75) is 6.61 Å². The third kappa shape index (κ3) is 5.49. The van der Waals surface area contributed by atoms with E-state index in [4.69, 9.17) is 9.47 Å². The van der Waals surface area contributed by atoms with E-state index in [9.17, 15) is 14.0 Å². The predicted molar refractivity (Wildman–Crippen MR) is 122 cm³/mol. The molecule has 2 amide bonds. The lowest BCUT2D eigenvalue weighted by Gasteiger charge is -2.35. The lowest BCUT2D eigenvalue weighted by atomic mass is 10.1. The Morgan fingerprint density at radius 1 is 0.788 bits per heavy atom. The van der Waals surface area contributed by atoms with Crippen LogP contribution >= 0.6 is 0 Å². The van der Waals surface area contributed by atoms with Crippen molar-refractivity contribution < 1.29 is 23.5 Å². The summed E-state index contributed by atoms with van der Waals surface area (Å²) in [6, 6.07) is 20.1.